The summed E-state index contributed by atoms with van der Waals surface area (Å²) >= 11 is 6.15. The van der Waals surface area contributed by atoms with Crippen LogP contribution < -0.4 is 5.32 Å². The van der Waals surface area contributed by atoms with Crippen LogP contribution in [-0.4, -0.2) is 38.4 Å². The van der Waals surface area contributed by atoms with E-state index in [-0.39, 0.29) is 24.4 Å². The number of aryl methyl sites for hydroxylation is 1. The molecule has 0 aliphatic carbocycles. The number of hydrogen-bond acceptors (Lipinski definition) is 4. The van der Waals surface area contributed by atoms with Crippen molar-refractivity contribution in [2.45, 2.75) is 32.7 Å². The van der Waals surface area contributed by atoms with Gasteiger partial charge in [0.1, 0.15) is 5.82 Å². The highest BCUT2D eigenvalue weighted by molar-refractivity contribution is 6.32. The van der Waals surface area contributed by atoms with Crippen molar-refractivity contribution in [3.8, 4) is 5.69 Å². The Hall–Kier alpha value is -1.92. The number of carbonyl (C=O) groups is 1. The van der Waals surface area contributed by atoms with Gasteiger partial charge >= 0.3 is 0 Å². The summed E-state index contributed by atoms with van der Waals surface area (Å²) in [5.74, 6) is 0.355. The van der Waals surface area contributed by atoms with Crippen molar-refractivity contribution in [2.24, 2.45) is 0 Å². The first kappa shape index (κ1) is 16.5. The van der Waals surface area contributed by atoms with Gasteiger partial charge in [-0.25, -0.2) is 9.67 Å². The maximum absolute atomic E-state index is 12.2. The van der Waals surface area contributed by atoms with Gasteiger partial charge in [-0.1, -0.05) is 23.7 Å². The van der Waals surface area contributed by atoms with Crippen molar-refractivity contribution in [1.29, 1.82) is 0 Å². The molecule has 22 heavy (non-hydrogen) atoms. The van der Waals surface area contributed by atoms with Gasteiger partial charge in [-0.05, 0) is 38.8 Å². The predicted molar refractivity (Wildman–Crippen MR) is 84.4 cm³/mol. The third-order valence-corrected chi connectivity index (χ3v) is 3.55. The maximum atomic E-state index is 12.2. The fraction of sp³-hybridized carbons (Fsp3) is 0.400. The molecule has 2 N–H and O–H groups in total. The number of aliphatic hydroxyl groups is 1. The standard InChI is InChI=1S/C15H19ClN4O2/c1-10(6-5-9-21)17-15(22)14-18-11(2)20(19-14)13-8-4-3-7-12(13)16/h3-4,7-8,10,21H,5-6,9H2,1-2H3,(H,17,22). The molecule has 1 unspecified atom stereocenters. The quantitative estimate of drug-likeness (QED) is 0.853. The lowest BCUT2D eigenvalue weighted by Gasteiger charge is -2.11. The number of nitrogens with one attached hydrogen (secondary N) is 1. The first-order valence-electron chi connectivity index (χ1n) is 7.13. The smallest absolute Gasteiger partial charge is 0.291 e. The van der Waals surface area contributed by atoms with Gasteiger partial charge in [0, 0.05) is 12.6 Å². The molecule has 0 saturated heterocycles. The first-order valence-corrected chi connectivity index (χ1v) is 7.51. The number of rotatable bonds is 6. The molecule has 1 aromatic carbocycles. The molecule has 6 nitrogen and oxygen atoms in total. The van der Waals surface area contributed by atoms with E-state index in [0.29, 0.717) is 29.4 Å². The van der Waals surface area contributed by atoms with Gasteiger partial charge in [0.15, 0.2) is 0 Å². The largest absolute Gasteiger partial charge is 0.396 e. The Balaban J connectivity index is 2.16. The van der Waals surface area contributed by atoms with E-state index in [2.05, 4.69) is 15.4 Å². The molecule has 0 radical (unpaired) electrons. The lowest BCUT2D eigenvalue weighted by Crippen LogP contribution is -2.33. The highest BCUT2D eigenvalue weighted by Gasteiger charge is 2.17. The van der Waals surface area contributed by atoms with Gasteiger partial charge in [0.25, 0.3) is 5.91 Å². The van der Waals surface area contributed by atoms with Gasteiger partial charge in [-0.2, -0.15) is 0 Å². The van der Waals surface area contributed by atoms with E-state index in [1.54, 1.807) is 17.7 Å². The molecule has 2 aromatic rings. The zero-order valence-electron chi connectivity index (χ0n) is 12.6. The number of carbonyl (C=O) groups excluding carboxylic acids is 1. The molecule has 1 aromatic heterocycles. The maximum Gasteiger partial charge on any atom is 0.291 e. The van der Waals surface area contributed by atoms with Crippen LogP contribution in [0.5, 0.6) is 0 Å². The number of para-hydroxylation sites is 1. The highest BCUT2D eigenvalue weighted by atomic mass is 35.5. The van der Waals surface area contributed by atoms with E-state index in [1.807, 2.05) is 25.1 Å². The SMILES string of the molecule is Cc1nc(C(=O)NC(C)CCCO)nn1-c1ccccc1Cl. The van der Waals surface area contributed by atoms with Crippen molar-refractivity contribution in [1.82, 2.24) is 20.1 Å². The molecule has 0 fully saturated rings. The Kier molecular flexibility index (Phi) is 5.51. The van der Waals surface area contributed by atoms with E-state index >= 15 is 0 Å². The van der Waals surface area contributed by atoms with Crippen LogP contribution in [0.1, 0.15) is 36.2 Å². The van der Waals surface area contributed by atoms with Crippen molar-refractivity contribution in [3.05, 3.63) is 40.9 Å². The number of nitrogens with zero attached hydrogens (tertiary/aromatic N) is 3. The van der Waals surface area contributed by atoms with Crippen LogP contribution in [0.15, 0.2) is 24.3 Å². The van der Waals surface area contributed by atoms with Gasteiger partial charge in [-0.3, -0.25) is 4.79 Å². The molecular weight excluding hydrogens is 304 g/mol. The summed E-state index contributed by atoms with van der Waals surface area (Å²) in [6.45, 7) is 3.76. The summed E-state index contributed by atoms with van der Waals surface area (Å²) in [5.41, 5.74) is 0.682. The Labute approximate surface area is 134 Å². The molecule has 0 saturated carbocycles. The van der Waals surface area contributed by atoms with Crippen molar-refractivity contribution >= 4 is 17.5 Å². The number of hydrogen-bond donors (Lipinski definition) is 2. The van der Waals surface area contributed by atoms with E-state index in [9.17, 15) is 4.79 Å². The van der Waals surface area contributed by atoms with Gasteiger partial charge in [0.05, 0.1) is 10.7 Å². The minimum absolute atomic E-state index is 0.0489. The highest BCUT2D eigenvalue weighted by Crippen LogP contribution is 2.20. The van der Waals surface area contributed by atoms with Crippen molar-refractivity contribution in [3.63, 3.8) is 0 Å². The molecule has 7 heteroatoms. The van der Waals surface area contributed by atoms with Crippen LogP contribution in [0, 0.1) is 6.92 Å². The lowest BCUT2D eigenvalue weighted by atomic mass is 10.2. The van der Waals surface area contributed by atoms with E-state index in [1.165, 1.54) is 0 Å². The number of aromatic nitrogens is 3. The number of amides is 1. The average Bonchev–Trinajstić information content (AvgIpc) is 2.87. The summed E-state index contributed by atoms with van der Waals surface area (Å²) in [7, 11) is 0. The third-order valence-electron chi connectivity index (χ3n) is 3.23. The Morgan fingerprint density at radius 2 is 2.18 bits per heavy atom. The second-order valence-electron chi connectivity index (χ2n) is 5.09. The Morgan fingerprint density at radius 1 is 1.45 bits per heavy atom. The van der Waals surface area contributed by atoms with E-state index in [0.717, 1.165) is 0 Å². The number of benzene rings is 1. The van der Waals surface area contributed by atoms with Crippen LogP contribution in [0.3, 0.4) is 0 Å². The summed E-state index contributed by atoms with van der Waals surface area (Å²) in [6.07, 6.45) is 1.34. The molecule has 0 spiro atoms. The Bertz CT molecular complexity index is 657. The summed E-state index contributed by atoms with van der Waals surface area (Å²) < 4.78 is 1.55. The molecule has 2 rings (SSSR count). The average molecular weight is 323 g/mol. The molecule has 0 aliphatic rings. The number of aliphatic hydroxyl groups excluding tert-OH is 1. The topological polar surface area (TPSA) is 80.0 Å². The monoisotopic (exact) mass is 322 g/mol. The molecule has 118 valence electrons. The second kappa shape index (κ2) is 7.38. The summed E-state index contributed by atoms with van der Waals surface area (Å²) in [6, 6.07) is 7.20. The van der Waals surface area contributed by atoms with Crippen LogP contribution in [0.4, 0.5) is 0 Å². The van der Waals surface area contributed by atoms with E-state index < -0.39 is 0 Å². The van der Waals surface area contributed by atoms with Crippen LogP contribution in [-0.2, 0) is 0 Å². The molecule has 0 bridgehead atoms. The van der Waals surface area contributed by atoms with Crippen LogP contribution in [0.25, 0.3) is 5.69 Å². The fourth-order valence-corrected chi connectivity index (χ4v) is 2.31. The van der Waals surface area contributed by atoms with Gasteiger partial charge in [0.2, 0.25) is 5.82 Å². The predicted octanol–water partition coefficient (Wildman–Crippen LogP) is 2.12. The van der Waals surface area contributed by atoms with Gasteiger partial charge in [-0.15, -0.1) is 5.10 Å². The van der Waals surface area contributed by atoms with Crippen molar-refractivity contribution < 1.29 is 9.90 Å². The summed E-state index contributed by atoms with van der Waals surface area (Å²) in [5, 5.41) is 16.4. The van der Waals surface area contributed by atoms with Crippen molar-refractivity contribution in [2.75, 3.05) is 6.61 Å². The number of halogens is 1. The molecule has 1 atom stereocenters. The minimum Gasteiger partial charge on any atom is -0.396 e. The summed E-state index contributed by atoms with van der Waals surface area (Å²) in [4.78, 5) is 16.3. The molecule has 1 heterocycles. The Morgan fingerprint density at radius 3 is 2.86 bits per heavy atom. The van der Waals surface area contributed by atoms with Crippen LogP contribution >= 0.6 is 11.6 Å². The molecule has 0 aliphatic heterocycles. The fourth-order valence-electron chi connectivity index (χ4n) is 2.10. The van der Waals surface area contributed by atoms with Crippen LogP contribution in [0.2, 0.25) is 5.02 Å². The molecule has 1 amide bonds. The third kappa shape index (κ3) is 3.84. The zero-order valence-corrected chi connectivity index (χ0v) is 13.3. The lowest BCUT2D eigenvalue weighted by molar-refractivity contribution is 0.0926. The second-order valence-corrected chi connectivity index (χ2v) is 5.49. The minimum atomic E-state index is -0.334. The van der Waals surface area contributed by atoms with E-state index in [4.69, 9.17) is 16.7 Å². The molecular formula is C15H19ClN4O2. The first-order chi connectivity index (χ1) is 10.5. The zero-order chi connectivity index (χ0) is 16.1. The normalized spacial score (nSPS) is 12.2. The van der Waals surface area contributed by atoms with Gasteiger partial charge < -0.3 is 10.4 Å².